The highest BCUT2D eigenvalue weighted by atomic mass is 35.5. The van der Waals surface area contributed by atoms with Crippen LogP contribution in [0, 0.1) is 0 Å². The smallest absolute Gasteiger partial charge is 0.297 e. The molecule has 6 nitrogen and oxygen atoms in total. The molecule has 2 aliphatic heterocycles. The van der Waals surface area contributed by atoms with Gasteiger partial charge in [-0.25, -0.2) is 0 Å². The van der Waals surface area contributed by atoms with Crippen molar-refractivity contribution in [2.75, 3.05) is 13.2 Å². The first kappa shape index (κ1) is 19.2. The van der Waals surface area contributed by atoms with Crippen LogP contribution in [0.5, 0.6) is 0 Å². The molecule has 0 bridgehead atoms. The quantitative estimate of drug-likeness (QED) is 0.797. The first-order valence-electron chi connectivity index (χ1n) is 8.92. The van der Waals surface area contributed by atoms with Gasteiger partial charge in [-0.3, -0.25) is 4.68 Å². The number of aliphatic hydroxyl groups excluding tert-OH is 1. The number of nitrogens with one attached hydrogen (secondary N) is 1. The van der Waals surface area contributed by atoms with E-state index >= 15 is 0 Å². The fourth-order valence-corrected chi connectivity index (χ4v) is 5.46. The Balaban J connectivity index is 1.65. The third-order valence-electron chi connectivity index (χ3n) is 5.15. The molecule has 0 unspecified atom stereocenters. The van der Waals surface area contributed by atoms with E-state index < -0.39 is 18.1 Å². The number of aromatic nitrogens is 3. The topological polar surface area (TPSA) is 72.2 Å². The molecule has 0 amide bonds. The van der Waals surface area contributed by atoms with Crippen molar-refractivity contribution in [3.8, 4) is 0 Å². The Morgan fingerprint density at radius 1 is 1.48 bits per heavy atom. The van der Waals surface area contributed by atoms with Crippen molar-refractivity contribution >= 4 is 22.9 Å². The van der Waals surface area contributed by atoms with Gasteiger partial charge in [0.15, 0.2) is 0 Å². The van der Waals surface area contributed by atoms with Crippen molar-refractivity contribution < 1.29 is 18.6 Å². The Morgan fingerprint density at radius 3 is 3.07 bits per heavy atom. The Kier molecular flexibility index (Phi) is 5.00. The molecule has 4 heterocycles. The molecule has 0 saturated carbocycles. The Labute approximate surface area is 164 Å². The van der Waals surface area contributed by atoms with Crippen molar-refractivity contribution in [3.05, 3.63) is 32.7 Å². The fourth-order valence-electron chi connectivity index (χ4n) is 4.02. The second kappa shape index (κ2) is 7.04. The van der Waals surface area contributed by atoms with Crippen LogP contribution in [-0.2, 0) is 22.8 Å². The first-order chi connectivity index (χ1) is 12.8. The number of rotatable bonds is 4. The van der Waals surface area contributed by atoms with Crippen LogP contribution >= 0.6 is 22.9 Å². The van der Waals surface area contributed by atoms with Gasteiger partial charge in [0, 0.05) is 36.1 Å². The number of aryl methyl sites for hydroxylation is 1. The number of hydrogen-bond donors (Lipinski definition) is 2. The average molecular weight is 419 g/mol. The second-order valence-electron chi connectivity index (χ2n) is 7.29. The summed E-state index contributed by atoms with van der Waals surface area (Å²) in [7, 11) is 0. The predicted molar refractivity (Wildman–Crippen MR) is 97.2 cm³/mol. The molecular weight excluding hydrogens is 398 g/mol. The highest BCUT2D eigenvalue weighted by Crippen LogP contribution is 2.54. The zero-order valence-corrected chi connectivity index (χ0v) is 16.4. The molecular formula is C17H21ClF2N4O2S. The van der Waals surface area contributed by atoms with E-state index in [4.69, 9.17) is 21.4 Å². The molecule has 10 heteroatoms. The second-order valence-corrected chi connectivity index (χ2v) is 8.98. The highest BCUT2D eigenvalue weighted by Gasteiger charge is 2.53. The van der Waals surface area contributed by atoms with E-state index in [0.29, 0.717) is 35.0 Å². The van der Waals surface area contributed by atoms with Crippen LogP contribution < -0.4 is 5.32 Å². The summed E-state index contributed by atoms with van der Waals surface area (Å²) >= 11 is 7.27. The van der Waals surface area contributed by atoms with Crippen molar-refractivity contribution in [2.24, 2.45) is 0 Å². The number of aliphatic hydroxyl groups is 1. The van der Waals surface area contributed by atoms with E-state index in [9.17, 15) is 8.78 Å². The van der Waals surface area contributed by atoms with Crippen LogP contribution in [0.25, 0.3) is 0 Å². The van der Waals surface area contributed by atoms with Gasteiger partial charge in [0.25, 0.3) is 5.92 Å². The Morgan fingerprint density at radius 2 is 2.30 bits per heavy atom. The van der Waals surface area contributed by atoms with E-state index in [2.05, 4.69) is 15.6 Å². The van der Waals surface area contributed by atoms with Crippen LogP contribution in [0.15, 0.2) is 12.3 Å². The normalized spacial score (nSPS) is 29.8. The number of nitrogens with zero attached hydrogens (tertiary/aromatic N) is 3. The van der Waals surface area contributed by atoms with Crippen molar-refractivity contribution in [1.82, 2.24) is 20.3 Å². The molecule has 2 aromatic heterocycles. The van der Waals surface area contributed by atoms with E-state index in [1.165, 1.54) is 17.4 Å². The van der Waals surface area contributed by atoms with E-state index in [0.717, 1.165) is 5.69 Å². The average Bonchev–Trinajstić information content (AvgIpc) is 3.24. The minimum absolute atomic E-state index is 0.0109. The van der Waals surface area contributed by atoms with Crippen molar-refractivity contribution in [1.29, 1.82) is 0 Å². The third kappa shape index (κ3) is 3.51. The molecule has 2 aromatic rings. The van der Waals surface area contributed by atoms with Crippen LogP contribution in [0.3, 0.4) is 0 Å². The van der Waals surface area contributed by atoms with Crippen LogP contribution in [0.1, 0.15) is 48.4 Å². The minimum atomic E-state index is -3.03. The molecule has 4 rings (SSSR count). The predicted octanol–water partition coefficient (Wildman–Crippen LogP) is 3.21. The molecule has 3 atom stereocenters. The number of halogens is 3. The van der Waals surface area contributed by atoms with Gasteiger partial charge in [-0.05, 0) is 25.8 Å². The van der Waals surface area contributed by atoms with Gasteiger partial charge >= 0.3 is 0 Å². The summed E-state index contributed by atoms with van der Waals surface area (Å²) in [5.41, 5.74) is -0.0776. The molecule has 1 spiro atoms. The Bertz CT molecular complexity index is 830. The molecule has 148 valence electrons. The summed E-state index contributed by atoms with van der Waals surface area (Å²) in [4.78, 5) is 0.523. The maximum absolute atomic E-state index is 14.3. The number of hydrogen-bond acceptors (Lipinski definition) is 6. The maximum Gasteiger partial charge on any atom is 0.297 e. The van der Waals surface area contributed by atoms with Gasteiger partial charge < -0.3 is 15.2 Å². The zero-order valence-electron chi connectivity index (χ0n) is 14.8. The van der Waals surface area contributed by atoms with E-state index in [1.54, 1.807) is 4.68 Å². The summed E-state index contributed by atoms with van der Waals surface area (Å²) in [6.45, 7) is 2.02. The van der Waals surface area contributed by atoms with Crippen LogP contribution in [0.2, 0.25) is 4.34 Å². The standard InChI is InChI=1S/C17H21ClF2N4O2S/c1-10-6-16(15-11(5-14(18)27-15)17(19,20)9-26-16)7-12(21-10)13-8-24(23-22-13)3-2-4-25/h5,8,10,12,21,25H,2-4,6-7,9H2,1H3/t10-,12-,16-/m0/s1. The van der Waals surface area contributed by atoms with Gasteiger partial charge in [-0.2, -0.15) is 8.78 Å². The zero-order chi connectivity index (χ0) is 19.2. The summed E-state index contributed by atoms with van der Waals surface area (Å²) in [6.07, 6.45) is 3.49. The first-order valence-corrected chi connectivity index (χ1v) is 10.1. The monoisotopic (exact) mass is 418 g/mol. The Hall–Kier alpha value is -1.13. The number of fused-ring (bicyclic) bond motifs is 2. The molecule has 0 aliphatic carbocycles. The van der Waals surface area contributed by atoms with Crippen LogP contribution in [0.4, 0.5) is 8.78 Å². The summed E-state index contributed by atoms with van der Waals surface area (Å²) < 4.78 is 36.6. The molecule has 0 aromatic carbocycles. The van der Waals surface area contributed by atoms with Gasteiger partial charge in [-0.1, -0.05) is 16.8 Å². The molecule has 2 aliphatic rings. The molecule has 2 N–H and O–H groups in total. The van der Waals surface area contributed by atoms with Gasteiger partial charge in [-0.15, -0.1) is 16.4 Å². The third-order valence-corrected chi connectivity index (χ3v) is 6.60. The summed E-state index contributed by atoms with van der Waals surface area (Å²) in [6, 6.07) is 1.25. The molecule has 0 radical (unpaired) electrons. The number of ether oxygens (including phenoxy) is 1. The molecule has 1 saturated heterocycles. The van der Waals surface area contributed by atoms with Crippen molar-refractivity contribution in [3.63, 3.8) is 0 Å². The van der Waals surface area contributed by atoms with Gasteiger partial charge in [0.05, 0.1) is 22.3 Å². The lowest BCUT2D eigenvalue weighted by Gasteiger charge is -2.47. The number of alkyl halides is 2. The van der Waals surface area contributed by atoms with Gasteiger partial charge in [0.1, 0.15) is 12.2 Å². The highest BCUT2D eigenvalue weighted by molar-refractivity contribution is 7.16. The number of thiophene rings is 1. The fraction of sp³-hybridized carbons (Fsp3) is 0.647. The molecule has 27 heavy (non-hydrogen) atoms. The van der Waals surface area contributed by atoms with Crippen LogP contribution in [-0.4, -0.2) is 39.4 Å². The van der Waals surface area contributed by atoms with Crippen molar-refractivity contribution in [2.45, 2.75) is 56.3 Å². The van der Waals surface area contributed by atoms with Gasteiger partial charge in [0.2, 0.25) is 0 Å². The maximum atomic E-state index is 14.3. The summed E-state index contributed by atoms with van der Waals surface area (Å²) in [5.74, 6) is -3.03. The SMILES string of the molecule is C[C@H]1C[C@@]2(C[C@@H](c3cn(CCCO)nn3)N1)OCC(F)(F)c1cc(Cl)sc12. The minimum Gasteiger partial charge on any atom is -0.396 e. The van der Waals surface area contributed by atoms with E-state index in [1.807, 2.05) is 13.1 Å². The summed E-state index contributed by atoms with van der Waals surface area (Å²) in [5, 5.41) is 20.8. The lowest BCUT2D eigenvalue weighted by atomic mass is 9.78. The number of piperidine rings is 1. The largest absolute Gasteiger partial charge is 0.396 e. The molecule has 1 fully saturated rings. The van der Waals surface area contributed by atoms with E-state index in [-0.39, 0.29) is 24.3 Å². The lowest BCUT2D eigenvalue weighted by molar-refractivity contribution is -0.183. The lowest BCUT2D eigenvalue weighted by Crippen LogP contribution is -2.51.